The van der Waals surface area contributed by atoms with E-state index in [0.29, 0.717) is 22.0 Å². The monoisotopic (exact) mass is 363 g/mol. The Hall–Kier alpha value is -1.96. The molecule has 106 valence electrons. The van der Waals surface area contributed by atoms with Crippen LogP contribution in [0.5, 0.6) is 5.75 Å². The van der Waals surface area contributed by atoms with E-state index in [-0.39, 0.29) is 12.5 Å². The standard InChI is InChI=1S/C16H11BrClNO2/c1-2-9-21-13-6-3-11(4-7-13)16(20)19-15-8-5-12(17)10-14(15)18/h1,3-8,10H,9H2,(H,19,20). The van der Waals surface area contributed by atoms with Crippen LogP contribution in [0.1, 0.15) is 10.4 Å². The van der Waals surface area contributed by atoms with Crippen molar-refractivity contribution in [3.05, 3.63) is 57.5 Å². The third kappa shape index (κ3) is 4.25. The van der Waals surface area contributed by atoms with E-state index in [2.05, 4.69) is 27.2 Å². The Morgan fingerprint density at radius 2 is 2.00 bits per heavy atom. The number of anilines is 1. The van der Waals surface area contributed by atoms with Gasteiger partial charge in [-0.1, -0.05) is 33.5 Å². The average molecular weight is 365 g/mol. The molecule has 0 aliphatic heterocycles. The zero-order chi connectivity index (χ0) is 15.2. The van der Waals surface area contributed by atoms with E-state index in [4.69, 9.17) is 22.8 Å². The first-order valence-corrected chi connectivity index (χ1v) is 7.20. The molecule has 2 aromatic carbocycles. The van der Waals surface area contributed by atoms with Gasteiger partial charge < -0.3 is 10.1 Å². The fourth-order valence-electron chi connectivity index (χ4n) is 1.61. The van der Waals surface area contributed by atoms with E-state index in [1.807, 2.05) is 0 Å². The minimum atomic E-state index is -0.247. The number of terminal acetylenes is 1. The van der Waals surface area contributed by atoms with Crippen LogP contribution in [0.2, 0.25) is 5.02 Å². The number of rotatable bonds is 4. The van der Waals surface area contributed by atoms with Crippen molar-refractivity contribution in [1.29, 1.82) is 0 Å². The number of carbonyl (C=O) groups excluding carboxylic acids is 1. The Bertz CT molecular complexity index is 692. The summed E-state index contributed by atoms with van der Waals surface area (Å²) in [4.78, 5) is 12.1. The normalized spacial score (nSPS) is 9.76. The summed E-state index contributed by atoms with van der Waals surface area (Å²) in [7, 11) is 0. The third-order valence-electron chi connectivity index (χ3n) is 2.62. The van der Waals surface area contributed by atoms with Crippen molar-refractivity contribution in [2.75, 3.05) is 11.9 Å². The number of hydrogen-bond acceptors (Lipinski definition) is 2. The Morgan fingerprint density at radius 3 is 2.62 bits per heavy atom. The molecule has 0 aromatic heterocycles. The summed E-state index contributed by atoms with van der Waals surface area (Å²) in [5, 5.41) is 3.22. The van der Waals surface area contributed by atoms with Crippen LogP contribution in [0.25, 0.3) is 0 Å². The van der Waals surface area contributed by atoms with E-state index in [1.54, 1.807) is 42.5 Å². The molecule has 0 spiro atoms. The highest BCUT2D eigenvalue weighted by Crippen LogP contribution is 2.26. The van der Waals surface area contributed by atoms with Gasteiger partial charge in [0.2, 0.25) is 0 Å². The second-order valence-corrected chi connectivity index (χ2v) is 5.42. The molecule has 2 rings (SSSR count). The molecule has 0 unspecified atom stereocenters. The SMILES string of the molecule is C#CCOc1ccc(C(=O)Nc2ccc(Br)cc2Cl)cc1. The molecule has 3 nitrogen and oxygen atoms in total. The summed E-state index contributed by atoms with van der Waals surface area (Å²) in [6, 6.07) is 12.0. The summed E-state index contributed by atoms with van der Waals surface area (Å²) in [5.41, 5.74) is 1.06. The van der Waals surface area contributed by atoms with Gasteiger partial charge in [-0.25, -0.2) is 0 Å². The van der Waals surface area contributed by atoms with Crippen LogP contribution >= 0.6 is 27.5 Å². The maximum absolute atomic E-state index is 12.1. The molecule has 0 atom stereocenters. The molecule has 1 amide bonds. The predicted octanol–water partition coefficient (Wildman–Crippen LogP) is 4.37. The number of halogens is 2. The van der Waals surface area contributed by atoms with Crippen LogP contribution < -0.4 is 10.1 Å². The highest BCUT2D eigenvalue weighted by molar-refractivity contribution is 9.10. The molecule has 0 heterocycles. The number of hydrogen-bond donors (Lipinski definition) is 1. The summed E-state index contributed by atoms with van der Waals surface area (Å²) >= 11 is 9.37. The van der Waals surface area contributed by atoms with Crippen molar-refractivity contribution in [3.63, 3.8) is 0 Å². The second-order valence-electron chi connectivity index (χ2n) is 4.10. The van der Waals surface area contributed by atoms with Crippen LogP contribution in [-0.2, 0) is 0 Å². The highest BCUT2D eigenvalue weighted by atomic mass is 79.9. The van der Waals surface area contributed by atoms with Gasteiger partial charge in [0.25, 0.3) is 5.91 Å². The van der Waals surface area contributed by atoms with Crippen LogP contribution in [0.15, 0.2) is 46.9 Å². The van der Waals surface area contributed by atoms with Gasteiger partial charge in [-0.05, 0) is 42.5 Å². The molecule has 0 fully saturated rings. The van der Waals surface area contributed by atoms with Crippen molar-refractivity contribution >= 4 is 39.1 Å². The molecular formula is C16H11BrClNO2. The third-order valence-corrected chi connectivity index (χ3v) is 3.42. The number of ether oxygens (including phenoxy) is 1. The molecule has 2 aromatic rings. The lowest BCUT2D eigenvalue weighted by atomic mass is 10.2. The molecule has 5 heteroatoms. The van der Waals surface area contributed by atoms with Gasteiger partial charge in [-0.3, -0.25) is 4.79 Å². The largest absolute Gasteiger partial charge is 0.481 e. The Kier molecular flexibility index (Phi) is 5.26. The number of amides is 1. The molecule has 0 bridgehead atoms. The van der Waals surface area contributed by atoms with E-state index >= 15 is 0 Å². The van der Waals surface area contributed by atoms with Crippen LogP contribution in [0, 0.1) is 12.3 Å². The van der Waals surface area contributed by atoms with Gasteiger partial charge in [0.15, 0.2) is 0 Å². The van der Waals surface area contributed by atoms with Crippen molar-refractivity contribution in [2.45, 2.75) is 0 Å². The second kappa shape index (κ2) is 7.16. The maximum Gasteiger partial charge on any atom is 0.255 e. The van der Waals surface area contributed by atoms with E-state index in [1.165, 1.54) is 0 Å². The molecule has 0 radical (unpaired) electrons. The lowest BCUT2D eigenvalue weighted by Gasteiger charge is -2.08. The van der Waals surface area contributed by atoms with Gasteiger partial charge in [0, 0.05) is 10.0 Å². The van der Waals surface area contributed by atoms with E-state index in [0.717, 1.165) is 4.47 Å². The Balaban J connectivity index is 2.08. The minimum absolute atomic E-state index is 0.194. The first kappa shape index (κ1) is 15.4. The molecule has 0 saturated heterocycles. The fraction of sp³-hybridized carbons (Fsp3) is 0.0625. The Morgan fingerprint density at radius 1 is 1.29 bits per heavy atom. The molecule has 1 N–H and O–H groups in total. The number of carbonyl (C=O) groups is 1. The van der Waals surface area contributed by atoms with Gasteiger partial charge in [0.05, 0.1) is 10.7 Å². The van der Waals surface area contributed by atoms with E-state index < -0.39 is 0 Å². The van der Waals surface area contributed by atoms with Gasteiger partial charge in [0.1, 0.15) is 12.4 Å². The topological polar surface area (TPSA) is 38.3 Å². The minimum Gasteiger partial charge on any atom is -0.481 e. The summed E-state index contributed by atoms with van der Waals surface area (Å²) in [6.07, 6.45) is 5.11. The first-order chi connectivity index (χ1) is 10.1. The van der Waals surface area contributed by atoms with Crippen LogP contribution in [0.4, 0.5) is 5.69 Å². The van der Waals surface area contributed by atoms with Gasteiger partial charge in [-0.2, -0.15) is 0 Å². The quantitative estimate of drug-likeness (QED) is 0.818. The zero-order valence-corrected chi connectivity index (χ0v) is 13.2. The van der Waals surface area contributed by atoms with Crippen molar-refractivity contribution in [1.82, 2.24) is 0 Å². The molecule has 0 saturated carbocycles. The van der Waals surface area contributed by atoms with Gasteiger partial charge >= 0.3 is 0 Å². The molecule has 21 heavy (non-hydrogen) atoms. The first-order valence-electron chi connectivity index (χ1n) is 6.03. The van der Waals surface area contributed by atoms with Gasteiger partial charge in [-0.15, -0.1) is 6.42 Å². The molecule has 0 aliphatic carbocycles. The summed E-state index contributed by atoms with van der Waals surface area (Å²) < 4.78 is 6.09. The summed E-state index contributed by atoms with van der Waals surface area (Å²) in [6.45, 7) is 0.194. The smallest absolute Gasteiger partial charge is 0.255 e. The Labute approximate surface area is 136 Å². The van der Waals surface area contributed by atoms with Crippen molar-refractivity contribution in [2.24, 2.45) is 0 Å². The van der Waals surface area contributed by atoms with Crippen LogP contribution in [0.3, 0.4) is 0 Å². The lowest BCUT2D eigenvalue weighted by Crippen LogP contribution is -2.12. The van der Waals surface area contributed by atoms with E-state index in [9.17, 15) is 4.79 Å². The van der Waals surface area contributed by atoms with Crippen LogP contribution in [-0.4, -0.2) is 12.5 Å². The average Bonchev–Trinajstić information content (AvgIpc) is 2.48. The maximum atomic E-state index is 12.1. The zero-order valence-electron chi connectivity index (χ0n) is 10.9. The van der Waals surface area contributed by atoms with Crippen molar-refractivity contribution < 1.29 is 9.53 Å². The summed E-state index contributed by atoms with van der Waals surface area (Å²) in [5.74, 6) is 2.75. The highest BCUT2D eigenvalue weighted by Gasteiger charge is 2.09. The number of benzene rings is 2. The molecule has 0 aliphatic rings. The lowest BCUT2D eigenvalue weighted by molar-refractivity contribution is 0.102. The predicted molar refractivity (Wildman–Crippen MR) is 87.9 cm³/mol. The molecular weight excluding hydrogens is 354 g/mol. The van der Waals surface area contributed by atoms with Crippen molar-refractivity contribution in [3.8, 4) is 18.1 Å². The fourth-order valence-corrected chi connectivity index (χ4v) is 2.33. The number of nitrogens with one attached hydrogen (secondary N) is 1.